The van der Waals surface area contributed by atoms with Crippen molar-refractivity contribution in [3.05, 3.63) is 18.2 Å². The molecule has 0 aliphatic rings. The molecule has 0 aliphatic carbocycles. The molecule has 0 bridgehead atoms. The molecule has 0 unspecified atom stereocenters. The molecule has 1 heterocycles. The van der Waals surface area contributed by atoms with Crippen LogP contribution in [0, 0.1) is 12.5 Å². The van der Waals surface area contributed by atoms with Gasteiger partial charge in [-0.1, -0.05) is 20.3 Å². The van der Waals surface area contributed by atoms with Crippen molar-refractivity contribution in [2.24, 2.45) is 7.05 Å². The van der Waals surface area contributed by atoms with Gasteiger partial charge in [-0.2, -0.15) is 4.57 Å². The van der Waals surface area contributed by atoms with E-state index in [1.54, 1.807) is 4.57 Å². The number of rotatable bonds is 1. The Labute approximate surface area is 67.5 Å². The lowest BCUT2D eigenvalue weighted by atomic mass is 10.1. The Morgan fingerprint density at radius 1 is 1.64 bits per heavy atom. The Hall–Kier alpha value is -1.23. The first-order chi connectivity index (χ1) is 5.15. The van der Waals surface area contributed by atoms with E-state index in [0.29, 0.717) is 5.92 Å². The van der Waals surface area contributed by atoms with Crippen molar-refractivity contribution in [2.45, 2.75) is 19.8 Å². The molecular weight excluding hydrogens is 136 g/mol. The zero-order chi connectivity index (χ0) is 8.43. The summed E-state index contributed by atoms with van der Waals surface area (Å²) in [6.07, 6.45) is 9.11. The van der Waals surface area contributed by atoms with E-state index in [1.165, 1.54) is 5.69 Å². The first-order valence-electron chi connectivity index (χ1n) is 3.69. The first-order valence-corrected chi connectivity index (χ1v) is 3.69. The van der Waals surface area contributed by atoms with Crippen molar-refractivity contribution in [3.63, 3.8) is 0 Å². The molecule has 11 heavy (non-hydrogen) atoms. The number of nitrogens with zero attached hydrogens (tertiary/aromatic N) is 2. The van der Waals surface area contributed by atoms with Gasteiger partial charge in [0.25, 0.3) is 6.33 Å². The normalized spacial score (nSPS) is 10.1. The first kappa shape index (κ1) is 7.87. The van der Waals surface area contributed by atoms with E-state index in [4.69, 9.17) is 6.42 Å². The van der Waals surface area contributed by atoms with E-state index in [2.05, 4.69) is 19.9 Å². The highest BCUT2D eigenvalue weighted by atomic mass is 15.1. The summed E-state index contributed by atoms with van der Waals surface area (Å²) in [4.78, 5) is 0. The van der Waals surface area contributed by atoms with Crippen molar-refractivity contribution in [1.82, 2.24) is 4.57 Å². The summed E-state index contributed by atoms with van der Waals surface area (Å²) in [7, 11) is 2.00. The largest absolute Gasteiger partial charge is 0.257 e. The van der Waals surface area contributed by atoms with Gasteiger partial charge in [-0.3, -0.25) is 0 Å². The zero-order valence-corrected chi connectivity index (χ0v) is 7.20. The molecule has 0 aromatic carbocycles. The predicted molar refractivity (Wildman–Crippen MR) is 43.9 cm³/mol. The smallest absolute Gasteiger partial charge is 0.236 e. The number of aryl methyl sites for hydroxylation is 1. The van der Waals surface area contributed by atoms with Crippen LogP contribution in [-0.2, 0) is 7.05 Å². The quantitative estimate of drug-likeness (QED) is 0.414. The molecule has 0 N–H and O–H groups in total. The van der Waals surface area contributed by atoms with E-state index in [9.17, 15) is 0 Å². The molecule has 0 fully saturated rings. The van der Waals surface area contributed by atoms with Gasteiger partial charge >= 0.3 is 0 Å². The van der Waals surface area contributed by atoms with E-state index in [-0.39, 0.29) is 0 Å². The lowest BCUT2D eigenvalue weighted by Crippen LogP contribution is -2.23. The Morgan fingerprint density at radius 3 is 2.55 bits per heavy atom. The van der Waals surface area contributed by atoms with E-state index >= 15 is 0 Å². The summed E-state index contributed by atoms with van der Waals surface area (Å²) in [6, 6.07) is 2.54. The SMILES string of the molecule is C#C[n+]1cc(C(C)C)n(C)c1. The van der Waals surface area contributed by atoms with Crippen LogP contribution in [0.2, 0.25) is 0 Å². The third-order valence-corrected chi connectivity index (χ3v) is 1.72. The molecule has 1 aromatic rings. The Morgan fingerprint density at radius 2 is 2.27 bits per heavy atom. The topological polar surface area (TPSA) is 8.81 Å². The molecule has 58 valence electrons. The Bertz CT molecular complexity index is 289. The van der Waals surface area contributed by atoms with Crippen LogP contribution in [0.3, 0.4) is 0 Å². The predicted octanol–water partition coefficient (Wildman–Crippen LogP) is 0.875. The number of terminal acetylenes is 1. The summed E-state index contributed by atoms with van der Waals surface area (Å²) in [5, 5.41) is 0. The molecule has 1 rings (SSSR count). The summed E-state index contributed by atoms with van der Waals surface area (Å²) < 4.78 is 3.78. The maximum atomic E-state index is 5.23. The molecule has 0 amide bonds. The van der Waals surface area contributed by atoms with Crippen molar-refractivity contribution in [3.8, 4) is 12.5 Å². The summed E-state index contributed by atoms with van der Waals surface area (Å²) in [6.45, 7) is 4.30. The van der Waals surface area contributed by atoms with Crippen molar-refractivity contribution in [1.29, 1.82) is 0 Å². The molecule has 0 aliphatic heterocycles. The second kappa shape index (κ2) is 2.79. The van der Waals surface area contributed by atoms with Crippen LogP contribution in [0.25, 0.3) is 0 Å². The minimum Gasteiger partial charge on any atom is -0.236 e. The molecule has 0 radical (unpaired) electrons. The standard InChI is InChI=1S/C9H13N2/c1-5-11-6-9(8(2)3)10(4)7-11/h1,6-8H,2-4H3/q+1. The molecular formula is C9H13N2+. The minimum atomic E-state index is 0.523. The fourth-order valence-electron chi connectivity index (χ4n) is 1.15. The zero-order valence-electron chi connectivity index (χ0n) is 7.20. The fourth-order valence-corrected chi connectivity index (χ4v) is 1.15. The molecule has 1 aromatic heterocycles. The highest BCUT2D eigenvalue weighted by molar-refractivity contribution is 4.99. The van der Waals surface area contributed by atoms with Crippen LogP contribution in [0.15, 0.2) is 12.5 Å². The third kappa shape index (κ3) is 1.43. The maximum absolute atomic E-state index is 5.23. The molecule has 0 spiro atoms. The summed E-state index contributed by atoms with van der Waals surface area (Å²) in [5.74, 6) is 0.523. The van der Waals surface area contributed by atoms with E-state index in [1.807, 2.05) is 24.1 Å². The van der Waals surface area contributed by atoms with Crippen molar-refractivity contribution >= 4 is 0 Å². The van der Waals surface area contributed by atoms with Gasteiger partial charge in [-0.25, -0.2) is 4.57 Å². The molecule has 0 saturated carbocycles. The van der Waals surface area contributed by atoms with Crippen LogP contribution >= 0.6 is 0 Å². The van der Waals surface area contributed by atoms with Gasteiger partial charge in [0.15, 0.2) is 0 Å². The highest BCUT2D eigenvalue weighted by Crippen LogP contribution is 2.10. The van der Waals surface area contributed by atoms with Gasteiger partial charge in [0.2, 0.25) is 0 Å². The van der Waals surface area contributed by atoms with Gasteiger partial charge in [0.1, 0.15) is 17.9 Å². The Balaban J connectivity index is 3.09. The van der Waals surface area contributed by atoms with Crippen molar-refractivity contribution in [2.75, 3.05) is 0 Å². The average molecular weight is 149 g/mol. The molecule has 2 heteroatoms. The van der Waals surface area contributed by atoms with Crippen LogP contribution in [0.4, 0.5) is 0 Å². The van der Waals surface area contributed by atoms with Crippen molar-refractivity contribution < 1.29 is 4.57 Å². The average Bonchev–Trinajstić information content (AvgIpc) is 2.30. The monoisotopic (exact) mass is 149 g/mol. The van der Waals surface area contributed by atoms with Gasteiger partial charge in [0, 0.05) is 5.92 Å². The molecule has 0 atom stereocenters. The second-order valence-corrected chi connectivity index (χ2v) is 2.97. The van der Waals surface area contributed by atoms with Crippen LogP contribution < -0.4 is 4.57 Å². The van der Waals surface area contributed by atoms with Crippen LogP contribution in [0.5, 0.6) is 0 Å². The fraction of sp³-hybridized carbons (Fsp3) is 0.444. The number of hydrogen-bond donors (Lipinski definition) is 0. The minimum absolute atomic E-state index is 0.523. The lowest BCUT2D eigenvalue weighted by molar-refractivity contribution is -0.582. The highest BCUT2D eigenvalue weighted by Gasteiger charge is 2.11. The third-order valence-electron chi connectivity index (χ3n) is 1.72. The Kier molecular flexibility index (Phi) is 2.00. The van der Waals surface area contributed by atoms with Crippen LogP contribution in [0.1, 0.15) is 25.5 Å². The van der Waals surface area contributed by atoms with Gasteiger partial charge in [0.05, 0.1) is 7.05 Å². The maximum Gasteiger partial charge on any atom is 0.257 e. The van der Waals surface area contributed by atoms with E-state index < -0.39 is 0 Å². The molecule has 0 saturated heterocycles. The van der Waals surface area contributed by atoms with E-state index in [0.717, 1.165) is 0 Å². The summed E-state index contributed by atoms with van der Waals surface area (Å²) >= 11 is 0. The molecule has 2 nitrogen and oxygen atoms in total. The number of hydrogen-bond acceptors (Lipinski definition) is 0. The summed E-state index contributed by atoms with van der Waals surface area (Å²) in [5.41, 5.74) is 1.25. The number of aromatic nitrogens is 2. The number of imidazole rings is 1. The van der Waals surface area contributed by atoms with Gasteiger partial charge in [-0.05, 0) is 0 Å². The van der Waals surface area contributed by atoms with Gasteiger partial charge in [-0.15, -0.1) is 0 Å². The lowest BCUT2D eigenvalue weighted by Gasteiger charge is -1.96. The van der Waals surface area contributed by atoms with Gasteiger partial charge < -0.3 is 0 Å². The van der Waals surface area contributed by atoms with Crippen LogP contribution in [-0.4, -0.2) is 4.57 Å². The second-order valence-electron chi connectivity index (χ2n) is 2.97.